The minimum atomic E-state index is 0.601. The highest BCUT2D eigenvalue weighted by Crippen LogP contribution is 2.39. The van der Waals surface area contributed by atoms with Gasteiger partial charge in [-0.25, -0.2) is 29.9 Å². The molecule has 0 bridgehead atoms. The number of aryl methyl sites for hydroxylation is 4. The topological polar surface area (TPSA) is 87.2 Å². The lowest BCUT2D eigenvalue weighted by atomic mass is 10.1. The second-order valence-electron chi connectivity index (χ2n) is 12.2. The first kappa shape index (κ1) is 28.0. The molecule has 0 unspecified atom stereocenters. The summed E-state index contributed by atoms with van der Waals surface area (Å²) < 4.78 is 4.69. The first-order chi connectivity index (χ1) is 23.4. The first-order valence-electron chi connectivity index (χ1n) is 16.0. The van der Waals surface area contributed by atoms with Crippen molar-refractivity contribution in [1.29, 1.82) is 0 Å². The highest BCUT2D eigenvalue weighted by atomic mass is 15.1. The summed E-state index contributed by atoms with van der Waals surface area (Å²) in [5.41, 5.74) is 8.29. The smallest absolute Gasteiger partial charge is 0.165 e. The minimum absolute atomic E-state index is 0.601. The Morgan fingerprint density at radius 3 is 1.44 bits per heavy atom. The van der Waals surface area contributed by atoms with E-state index in [0.717, 1.165) is 38.9 Å². The lowest BCUT2D eigenvalue weighted by Crippen LogP contribution is -2.05. The predicted molar refractivity (Wildman–Crippen MR) is 192 cm³/mol. The summed E-state index contributed by atoms with van der Waals surface area (Å²) in [6.45, 7) is 7.58. The van der Waals surface area contributed by atoms with E-state index < -0.39 is 0 Å². The van der Waals surface area contributed by atoms with Crippen LogP contribution in [0.15, 0.2) is 109 Å². The molecule has 5 aromatic carbocycles. The third-order valence-corrected chi connectivity index (χ3v) is 8.95. The van der Waals surface area contributed by atoms with E-state index in [1.807, 2.05) is 27.7 Å². The van der Waals surface area contributed by atoms with Gasteiger partial charge in [-0.2, -0.15) is 0 Å². The normalized spacial score (nSPS) is 11.8. The Labute approximate surface area is 276 Å². The van der Waals surface area contributed by atoms with Crippen LogP contribution in [0.5, 0.6) is 0 Å². The number of hydrogen-bond donors (Lipinski definition) is 0. The van der Waals surface area contributed by atoms with Crippen LogP contribution in [-0.2, 0) is 0 Å². The molecule has 0 radical (unpaired) electrons. The SMILES string of the molecule is Cc1nc(C)nc(-c2ccc(-n3c4ccccc4c4ccc(-n5c6ccccc6c6ccccc65)cc43)c(-c3nc(C)nc(C)n3)c2)n1. The standard InChI is InChI=1S/C40H30N8/c1-23-41-24(2)44-39(43-23)27-17-20-37(33(21-27)40-45-25(3)42-26(4)46-40)48-36-16-10-7-13-31(36)32-19-18-28(22-38(32)48)47-34-14-8-5-11-29(34)30-12-6-9-15-35(30)47/h5-22H,1-4H3. The van der Waals surface area contributed by atoms with Crippen LogP contribution in [0.4, 0.5) is 0 Å². The van der Waals surface area contributed by atoms with Gasteiger partial charge in [-0.1, -0.05) is 60.7 Å². The van der Waals surface area contributed by atoms with Crippen LogP contribution >= 0.6 is 0 Å². The van der Waals surface area contributed by atoms with Crippen LogP contribution in [0.25, 0.3) is 77.8 Å². The molecule has 0 aliphatic rings. The average Bonchev–Trinajstić information content (AvgIpc) is 3.60. The van der Waals surface area contributed by atoms with Crippen LogP contribution in [0.1, 0.15) is 23.3 Å². The summed E-state index contributed by atoms with van der Waals surface area (Å²) in [5.74, 6) is 3.90. The molecular weight excluding hydrogens is 592 g/mol. The van der Waals surface area contributed by atoms with E-state index in [4.69, 9.17) is 9.97 Å². The maximum atomic E-state index is 4.84. The molecule has 230 valence electrons. The maximum absolute atomic E-state index is 4.84. The molecule has 0 saturated carbocycles. The van der Waals surface area contributed by atoms with Gasteiger partial charge < -0.3 is 9.13 Å². The second kappa shape index (κ2) is 10.6. The number of para-hydroxylation sites is 3. The van der Waals surface area contributed by atoms with Crippen molar-refractivity contribution in [3.8, 4) is 34.2 Å². The van der Waals surface area contributed by atoms with Gasteiger partial charge in [0.05, 0.1) is 27.8 Å². The zero-order valence-electron chi connectivity index (χ0n) is 27.0. The van der Waals surface area contributed by atoms with E-state index in [9.17, 15) is 0 Å². The van der Waals surface area contributed by atoms with Crippen molar-refractivity contribution < 1.29 is 0 Å². The van der Waals surface area contributed by atoms with Gasteiger partial charge in [0.1, 0.15) is 23.3 Å². The first-order valence-corrected chi connectivity index (χ1v) is 16.0. The third-order valence-electron chi connectivity index (χ3n) is 8.95. The Morgan fingerprint density at radius 1 is 0.396 bits per heavy atom. The Bertz CT molecular complexity index is 2640. The van der Waals surface area contributed by atoms with Gasteiger partial charge in [-0.3, -0.25) is 0 Å². The molecule has 0 N–H and O–H groups in total. The molecule has 0 aliphatic carbocycles. The van der Waals surface area contributed by atoms with Crippen molar-refractivity contribution in [2.75, 3.05) is 0 Å². The highest BCUT2D eigenvalue weighted by Gasteiger charge is 2.21. The fourth-order valence-electron chi connectivity index (χ4n) is 7.09. The number of rotatable bonds is 4. The number of hydrogen-bond acceptors (Lipinski definition) is 6. The van der Waals surface area contributed by atoms with Gasteiger partial charge in [0.15, 0.2) is 11.6 Å². The molecular formula is C40H30N8. The summed E-state index contributed by atoms with van der Waals surface area (Å²) in [7, 11) is 0. The van der Waals surface area contributed by atoms with Crippen molar-refractivity contribution in [3.05, 3.63) is 132 Å². The molecule has 9 rings (SSSR count). The molecule has 0 spiro atoms. The maximum Gasteiger partial charge on any atom is 0.165 e. The minimum Gasteiger partial charge on any atom is -0.309 e. The van der Waals surface area contributed by atoms with Crippen molar-refractivity contribution in [3.63, 3.8) is 0 Å². The Morgan fingerprint density at radius 2 is 0.875 bits per heavy atom. The van der Waals surface area contributed by atoms with Crippen molar-refractivity contribution in [1.82, 2.24) is 39.0 Å². The average molecular weight is 623 g/mol. The van der Waals surface area contributed by atoms with Crippen LogP contribution < -0.4 is 0 Å². The second-order valence-corrected chi connectivity index (χ2v) is 12.2. The molecule has 4 aromatic heterocycles. The fourth-order valence-corrected chi connectivity index (χ4v) is 7.09. The monoisotopic (exact) mass is 622 g/mol. The molecule has 8 nitrogen and oxygen atoms in total. The van der Waals surface area contributed by atoms with Gasteiger partial charge in [-0.15, -0.1) is 0 Å². The molecule has 9 aromatic rings. The quantitative estimate of drug-likeness (QED) is 0.195. The molecule has 0 atom stereocenters. The van der Waals surface area contributed by atoms with Gasteiger partial charge >= 0.3 is 0 Å². The molecule has 0 saturated heterocycles. The lowest BCUT2D eigenvalue weighted by Gasteiger charge is -2.16. The summed E-state index contributed by atoms with van der Waals surface area (Å²) in [4.78, 5) is 27.9. The van der Waals surface area contributed by atoms with Gasteiger partial charge in [-0.05, 0) is 76.2 Å². The van der Waals surface area contributed by atoms with E-state index in [1.54, 1.807) is 0 Å². The van der Waals surface area contributed by atoms with Gasteiger partial charge in [0.25, 0.3) is 0 Å². The molecule has 0 fully saturated rings. The zero-order chi connectivity index (χ0) is 32.5. The van der Waals surface area contributed by atoms with Crippen molar-refractivity contribution in [2.24, 2.45) is 0 Å². The Balaban J connectivity index is 1.36. The number of aromatic nitrogens is 8. The van der Waals surface area contributed by atoms with E-state index in [2.05, 4.69) is 138 Å². The molecule has 48 heavy (non-hydrogen) atoms. The summed E-state index contributed by atoms with van der Waals surface area (Å²) in [6.07, 6.45) is 0. The zero-order valence-corrected chi connectivity index (χ0v) is 27.0. The van der Waals surface area contributed by atoms with E-state index in [1.165, 1.54) is 27.2 Å². The predicted octanol–water partition coefficient (Wildman–Crippen LogP) is 8.82. The Hall–Kier alpha value is -6.28. The van der Waals surface area contributed by atoms with Crippen LogP contribution in [0.2, 0.25) is 0 Å². The van der Waals surface area contributed by atoms with Gasteiger partial charge in [0.2, 0.25) is 0 Å². The Kier molecular flexibility index (Phi) is 6.20. The fraction of sp³-hybridized carbons (Fsp3) is 0.100. The largest absolute Gasteiger partial charge is 0.309 e. The van der Waals surface area contributed by atoms with E-state index in [-0.39, 0.29) is 0 Å². The summed E-state index contributed by atoms with van der Waals surface area (Å²) in [6, 6.07) is 38.8. The lowest BCUT2D eigenvalue weighted by molar-refractivity contribution is 0.924. The molecule has 0 amide bonds. The van der Waals surface area contributed by atoms with Gasteiger partial charge in [0, 0.05) is 38.4 Å². The van der Waals surface area contributed by atoms with Crippen LogP contribution in [-0.4, -0.2) is 39.0 Å². The number of nitrogens with zero attached hydrogens (tertiary/aromatic N) is 8. The van der Waals surface area contributed by atoms with E-state index >= 15 is 0 Å². The molecule has 0 aliphatic heterocycles. The summed E-state index contributed by atoms with van der Waals surface area (Å²) >= 11 is 0. The van der Waals surface area contributed by atoms with E-state index in [0.29, 0.717) is 34.9 Å². The molecule has 4 heterocycles. The van der Waals surface area contributed by atoms with Crippen LogP contribution in [0, 0.1) is 27.7 Å². The highest BCUT2D eigenvalue weighted by molar-refractivity contribution is 6.12. The number of fused-ring (bicyclic) bond motifs is 6. The molecule has 8 heteroatoms. The van der Waals surface area contributed by atoms with Crippen molar-refractivity contribution >= 4 is 43.6 Å². The summed E-state index contributed by atoms with van der Waals surface area (Å²) in [5, 5.41) is 4.80. The van der Waals surface area contributed by atoms with Crippen molar-refractivity contribution in [2.45, 2.75) is 27.7 Å². The number of benzene rings is 5. The van der Waals surface area contributed by atoms with Crippen LogP contribution in [0.3, 0.4) is 0 Å². The third kappa shape index (κ3) is 4.37.